The maximum absolute atomic E-state index is 13.9. The molecule has 188 valence electrons. The second kappa shape index (κ2) is 10.6. The first-order valence-corrected chi connectivity index (χ1v) is 13.1. The summed E-state index contributed by atoms with van der Waals surface area (Å²) in [6.07, 6.45) is 3.81. The Balaban J connectivity index is 1.83. The summed E-state index contributed by atoms with van der Waals surface area (Å²) in [4.78, 5) is 34.7. The standard InChI is InChI=1S/C26H24N6O4S/c1-17(31-25(33)23-24(27)29-15-14-28-23)21-16-19-9-6-8-18(10-7-13-30-37(2,35)36)22(19)26(34)32(21)20-11-4-3-5-12-20/h3-6,8-9,11-12,14-17,30H,13H2,1-2H3,(H2,27,29)(H,31,33)/t17-/m1/s1. The number of para-hydroxylation sites is 1. The minimum Gasteiger partial charge on any atom is -0.382 e. The molecule has 0 spiro atoms. The molecule has 4 aromatic rings. The maximum Gasteiger partial charge on any atom is 0.274 e. The van der Waals surface area contributed by atoms with Gasteiger partial charge in [0, 0.05) is 29.3 Å². The number of nitrogen functional groups attached to an aromatic ring is 1. The molecule has 0 aliphatic rings. The van der Waals surface area contributed by atoms with Crippen molar-refractivity contribution in [3.8, 4) is 17.5 Å². The highest BCUT2D eigenvalue weighted by atomic mass is 32.2. The van der Waals surface area contributed by atoms with Crippen molar-refractivity contribution in [3.63, 3.8) is 0 Å². The Morgan fingerprint density at radius 1 is 1.11 bits per heavy atom. The van der Waals surface area contributed by atoms with E-state index in [4.69, 9.17) is 5.73 Å². The molecule has 10 nitrogen and oxygen atoms in total. The van der Waals surface area contributed by atoms with Crippen molar-refractivity contribution in [2.24, 2.45) is 0 Å². The molecule has 0 fully saturated rings. The number of hydrogen-bond donors (Lipinski definition) is 3. The SMILES string of the molecule is C[C@@H](NC(=O)c1nccnc1N)c1cc2cccc(C#CCNS(C)(=O)=O)c2c(=O)n1-c1ccccc1. The van der Waals surface area contributed by atoms with E-state index in [2.05, 4.69) is 31.8 Å². The van der Waals surface area contributed by atoms with E-state index >= 15 is 0 Å². The molecule has 2 heterocycles. The van der Waals surface area contributed by atoms with Crippen molar-refractivity contribution < 1.29 is 13.2 Å². The molecule has 2 aromatic carbocycles. The third-order valence-electron chi connectivity index (χ3n) is 5.47. The van der Waals surface area contributed by atoms with Gasteiger partial charge in [-0.2, -0.15) is 0 Å². The van der Waals surface area contributed by atoms with Gasteiger partial charge >= 0.3 is 0 Å². The van der Waals surface area contributed by atoms with Gasteiger partial charge in [-0.3, -0.25) is 14.2 Å². The Hall–Kier alpha value is -4.53. The first kappa shape index (κ1) is 25.6. The molecule has 0 saturated carbocycles. The monoisotopic (exact) mass is 516 g/mol. The minimum absolute atomic E-state index is 0.000241. The lowest BCUT2D eigenvalue weighted by Crippen LogP contribution is -2.33. The van der Waals surface area contributed by atoms with Crippen LogP contribution >= 0.6 is 0 Å². The zero-order valence-electron chi connectivity index (χ0n) is 20.1. The summed E-state index contributed by atoms with van der Waals surface area (Å²) in [6.45, 7) is 1.67. The zero-order chi connectivity index (χ0) is 26.6. The smallest absolute Gasteiger partial charge is 0.274 e. The van der Waals surface area contributed by atoms with E-state index in [1.54, 1.807) is 37.3 Å². The number of fused-ring (bicyclic) bond motifs is 1. The summed E-state index contributed by atoms with van der Waals surface area (Å²) >= 11 is 0. The van der Waals surface area contributed by atoms with E-state index in [1.165, 1.54) is 17.0 Å². The number of hydrogen-bond acceptors (Lipinski definition) is 7. The lowest BCUT2D eigenvalue weighted by molar-refractivity contribution is 0.0934. The molecule has 2 aromatic heterocycles. The van der Waals surface area contributed by atoms with Crippen LogP contribution in [0.3, 0.4) is 0 Å². The van der Waals surface area contributed by atoms with E-state index in [-0.39, 0.29) is 23.6 Å². The van der Waals surface area contributed by atoms with Crippen molar-refractivity contribution in [2.45, 2.75) is 13.0 Å². The van der Waals surface area contributed by atoms with Gasteiger partial charge in [0.2, 0.25) is 10.0 Å². The fourth-order valence-corrected chi connectivity index (χ4v) is 4.15. The number of aromatic nitrogens is 3. The minimum atomic E-state index is -3.39. The highest BCUT2D eigenvalue weighted by Crippen LogP contribution is 2.23. The largest absolute Gasteiger partial charge is 0.382 e. The van der Waals surface area contributed by atoms with Crippen LogP contribution in [0.15, 0.2) is 71.8 Å². The van der Waals surface area contributed by atoms with Crippen LogP contribution in [0, 0.1) is 11.8 Å². The Labute approximate surface area is 213 Å². The van der Waals surface area contributed by atoms with Crippen molar-refractivity contribution in [2.75, 3.05) is 18.5 Å². The van der Waals surface area contributed by atoms with Gasteiger partial charge in [-0.05, 0) is 36.6 Å². The summed E-state index contributed by atoms with van der Waals surface area (Å²) < 4.78 is 26.5. The Kier molecular flexibility index (Phi) is 7.33. The zero-order valence-corrected chi connectivity index (χ0v) is 20.9. The molecule has 0 unspecified atom stereocenters. The molecule has 0 bridgehead atoms. The van der Waals surface area contributed by atoms with Crippen molar-refractivity contribution in [1.29, 1.82) is 0 Å². The quantitative estimate of drug-likeness (QED) is 0.331. The molecular weight excluding hydrogens is 492 g/mol. The van der Waals surface area contributed by atoms with E-state index < -0.39 is 22.0 Å². The van der Waals surface area contributed by atoms with Crippen LogP contribution in [0.5, 0.6) is 0 Å². The van der Waals surface area contributed by atoms with Crippen LogP contribution in [-0.2, 0) is 10.0 Å². The first-order chi connectivity index (χ1) is 17.7. The van der Waals surface area contributed by atoms with Gasteiger partial charge in [-0.1, -0.05) is 42.2 Å². The average Bonchev–Trinajstić information content (AvgIpc) is 2.86. The second-order valence-electron chi connectivity index (χ2n) is 8.20. The Morgan fingerprint density at radius 3 is 2.54 bits per heavy atom. The van der Waals surface area contributed by atoms with Crippen molar-refractivity contribution >= 4 is 32.5 Å². The summed E-state index contributed by atoms with van der Waals surface area (Å²) in [7, 11) is -3.39. The number of carbonyl (C=O) groups is 1. The number of amides is 1. The lowest BCUT2D eigenvalue weighted by Gasteiger charge is -2.21. The highest BCUT2D eigenvalue weighted by molar-refractivity contribution is 7.88. The summed E-state index contributed by atoms with van der Waals surface area (Å²) in [5.74, 6) is 5.13. The van der Waals surface area contributed by atoms with Crippen LogP contribution in [0.25, 0.3) is 16.5 Å². The summed E-state index contributed by atoms with van der Waals surface area (Å²) in [6, 6.07) is 15.5. The van der Waals surface area contributed by atoms with Crippen LogP contribution in [0.1, 0.15) is 34.7 Å². The lowest BCUT2D eigenvalue weighted by atomic mass is 10.0. The molecule has 0 radical (unpaired) electrons. The number of nitrogens with two attached hydrogens (primary N) is 1. The van der Waals surface area contributed by atoms with E-state index in [0.717, 1.165) is 6.26 Å². The maximum atomic E-state index is 13.9. The molecule has 37 heavy (non-hydrogen) atoms. The number of pyridine rings is 1. The Bertz CT molecular complexity index is 1710. The van der Waals surface area contributed by atoms with Gasteiger partial charge in [0.25, 0.3) is 11.5 Å². The summed E-state index contributed by atoms with van der Waals surface area (Å²) in [5, 5.41) is 3.85. The van der Waals surface area contributed by atoms with Crippen LogP contribution in [0.2, 0.25) is 0 Å². The molecule has 4 N–H and O–H groups in total. The van der Waals surface area contributed by atoms with Crippen LogP contribution in [0.4, 0.5) is 5.82 Å². The van der Waals surface area contributed by atoms with E-state index in [0.29, 0.717) is 27.7 Å². The van der Waals surface area contributed by atoms with Gasteiger partial charge in [-0.15, -0.1) is 0 Å². The number of carbonyl (C=O) groups excluding carboxylic acids is 1. The van der Waals surface area contributed by atoms with Crippen molar-refractivity contribution in [1.82, 2.24) is 24.6 Å². The first-order valence-electron chi connectivity index (χ1n) is 11.2. The molecule has 4 rings (SSSR count). The second-order valence-corrected chi connectivity index (χ2v) is 10.0. The third kappa shape index (κ3) is 5.83. The molecule has 0 aliphatic carbocycles. The number of nitrogens with zero attached hydrogens (tertiary/aromatic N) is 3. The molecule has 1 amide bonds. The van der Waals surface area contributed by atoms with E-state index in [9.17, 15) is 18.0 Å². The van der Waals surface area contributed by atoms with Crippen LogP contribution in [-0.4, -0.2) is 41.7 Å². The van der Waals surface area contributed by atoms with E-state index in [1.807, 2.05) is 24.3 Å². The molecule has 11 heteroatoms. The fraction of sp³-hybridized carbons (Fsp3) is 0.154. The van der Waals surface area contributed by atoms with Crippen LogP contribution < -0.4 is 21.3 Å². The van der Waals surface area contributed by atoms with Gasteiger partial charge < -0.3 is 11.1 Å². The fourth-order valence-electron chi connectivity index (χ4n) is 3.82. The van der Waals surface area contributed by atoms with Crippen molar-refractivity contribution in [3.05, 3.63) is 94.3 Å². The normalized spacial score (nSPS) is 11.9. The van der Waals surface area contributed by atoms with Gasteiger partial charge in [0.15, 0.2) is 11.5 Å². The highest BCUT2D eigenvalue weighted by Gasteiger charge is 2.21. The van der Waals surface area contributed by atoms with Gasteiger partial charge in [0.1, 0.15) is 0 Å². The predicted molar refractivity (Wildman–Crippen MR) is 142 cm³/mol. The predicted octanol–water partition coefficient (Wildman–Crippen LogP) is 1.75. The number of benzene rings is 2. The number of sulfonamides is 1. The molecule has 0 saturated heterocycles. The summed E-state index contributed by atoms with van der Waals surface area (Å²) in [5.41, 5.74) is 7.05. The Morgan fingerprint density at radius 2 is 1.84 bits per heavy atom. The molecule has 0 aliphatic heterocycles. The van der Waals surface area contributed by atoms with Gasteiger partial charge in [0.05, 0.1) is 24.2 Å². The third-order valence-corrected chi connectivity index (χ3v) is 6.14. The number of anilines is 1. The molecular formula is C26H24N6O4S. The molecule has 1 atom stereocenters. The number of nitrogens with one attached hydrogen (secondary N) is 2. The average molecular weight is 517 g/mol. The number of rotatable bonds is 6. The van der Waals surface area contributed by atoms with Gasteiger partial charge in [-0.25, -0.2) is 23.1 Å². The topological polar surface area (TPSA) is 149 Å².